The fourth-order valence-corrected chi connectivity index (χ4v) is 3.29. The number of nitrogens with one attached hydrogen (secondary N) is 3. The average Bonchev–Trinajstić information content (AvgIpc) is 2.65. The van der Waals surface area contributed by atoms with Crippen molar-refractivity contribution in [1.29, 1.82) is 0 Å². The maximum absolute atomic E-state index is 12.6. The van der Waals surface area contributed by atoms with Crippen LogP contribution in [0.4, 0.5) is 0 Å². The summed E-state index contributed by atoms with van der Waals surface area (Å²) in [5.74, 6) is -1.59. The Morgan fingerprint density at radius 1 is 0.862 bits per heavy atom. The smallest absolute Gasteiger partial charge is 0.326 e. The number of carbonyl (C=O) groups excluding carboxylic acids is 3. The predicted octanol–water partition coefficient (Wildman–Crippen LogP) is 0.0348. The van der Waals surface area contributed by atoms with Gasteiger partial charge in [-0.2, -0.15) is 23.5 Å². The molecule has 0 bridgehead atoms. The summed E-state index contributed by atoms with van der Waals surface area (Å²) in [5.41, 5.74) is 5.85. The zero-order chi connectivity index (χ0) is 22.6. The van der Waals surface area contributed by atoms with E-state index in [4.69, 9.17) is 5.73 Å². The van der Waals surface area contributed by atoms with Crippen molar-refractivity contribution < 1.29 is 24.3 Å². The Labute approximate surface area is 181 Å². The third kappa shape index (κ3) is 10.8. The molecule has 0 aromatic heterocycles. The van der Waals surface area contributed by atoms with E-state index >= 15 is 0 Å². The molecule has 168 valence electrons. The minimum Gasteiger partial charge on any atom is -0.480 e. The largest absolute Gasteiger partial charge is 0.480 e. The van der Waals surface area contributed by atoms with Crippen molar-refractivity contribution >= 4 is 47.2 Å². The molecule has 0 rings (SSSR count). The second-order valence-electron chi connectivity index (χ2n) is 7.03. The first-order chi connectivity index (χ1) is 13.5. The molecule has 0 radical (unpaired) electrons. The highest BCUT2D eigenvalue weighted by molar-refractivity contribution is 7.98. The Balaban J connectivity index is 4.89. The van der Waals surface area contributed by atoms with E-state index in [-0.39, 0.29) is 12.3 Å². The molecular weight excluding hydrogens is 416 g/mol. The summed E-state index contributed by atoms with van der Waals surface area (Å²) in [7, 11) is 0. The fourth-order valence-electron chi connectivity index (χ4n) is 2.33. The van der Waals surface area contributed by atoms with Gasteiger partial charge < -0.3 is 26.8 Å². The maximum Gasteiger partial charge on any atom is 0.326 e. The molecule has 0 fully saturated rings. The third-order valence-corrected chi connectivity index (χ3v) is 5.48. The number of carboxylic acids is 1. The van der Waals surface area contributed by atoms with Crippen LogP contribution in [0.15, 0.2) is 0 Å². The molecule has 0 aliphatic rings. The van der Waals surface area contributed by atoms with E-state index in [2.05, 4.69) is 16.0 Å². The topological polar surface area (TPSA) is 151 Å². The Morgan fingerprint density at radius 3 is 1.90 bits per heavy atom. The minimum atomic E-state index is -1.13. The molecule has 0 heterocycles. The van der Waals surface area contributed by atoms with E-state index in [0.29, 0.717) is 12.2 Å². The quantitative estimate of drug-likeness (QED) is 0.249. The first-order valence-corrected chi connectivity index (χ1v) is 12.2. The molecule has 0 aliphatic heterocycles. The van der Waals surface area contributed by atoms with Gasteiger partial charge in [-0.15, -0.1) is 0 Å². The number of thioether (sulfide) groups is 2. The molecule has 0 aliphatic carbocycles. The van der Waals surface area contributed by atoms with Crippen LogP contribution in [0.5, 0.6) is 0 Å². The standard InChI is InChI=1S/C18H34N4O5S2/c1-10(2)14(22-16(24)12(19)6-8-28-4)17(25)20-11(3)15(23)21-13(18(26)27)7-9-29-5/h10-14H,6-9,19H2,1-5H3,(H,20,25)(H,21,23)(H,22,24)(H,26,27). The normalized spacial score (nSPS) is 15.1. The van der Waals surface area contributed by atoms with Crippen LogP contribution in [0.25, 0.3) is 0 Å². The molecule has 9 nitrogen and oxygen atoms in total. The fraction of sp³-hybridized carbons (Fsp3) is 0.778. The van der Waals surface area contributed by atoms with Crippen molar-refractivity contribution in [3.8, 4) is 0 Å². The van der Waals surface area contributed by atoms with Crippen LogP contribution < -0.4 is 21.7 Å². The first kappa shape index (κ1) is 27.5. The lowest BCUT2D eigenvalue weighted by atomic mass is 10.0. The molecule has 0 spiro atoms. The molecule has 4 unspecified atom stereocenters. The van der Waals surface area contributed by atoms with Gasteiger partial charge >= 0.3 is 5.97 Å². The van der Waals surface area contributed by atoms with Gasteiger partial charge in [0.2, 0.25) is 17.7 Å². The minimum absolute atomic E-state index is 0.227. The summed E-state index contributed by atoms with van der Waals surface area (Å²) in [6.07, 6.45) is 4.53. The first-order valence-electron chi connectivity index (χ1n) is 9.42. The number of carboxylic acid groups (broad SMARTS) is 1. The van der Waals surface area contributed by atoms with Gasteiger partial charge in [0.15, 0.2) is 0 Å². The summed E-state index contributed by atoms with van der Waals surface area (Å²) in [6.45, 7) is 5.00. The van der Waals surface area contributed by atoms with Crippen molar-refractivity contribution in [3.05, 3.63) is 0 Å². The number of hydrogen-bond donors (Lipinski definition) is 5. The van der Waals surface area contributed by atoms with Crippen LogP contribution >= 0.6 is 23.5 Å². The van der Waals surface area contributed by atoms with Crippen molar-refractivity contribution in [1.82, 2.24) is 16.0 Å². The van der Waals surface area contributed by atoms with Crippen LogP contribution in [0.2, 0.25) is 0 Å². The van der Waals surface area contributed by atoms with Gasteiger partial charge in [-0.05, 0) is 49.7 Å². The number of carbonyl (C=O) groups is 4. The van der Waals surface area contributed by atoms with E-state index in [9.17, 15) is 24.3 Å². The highest BCUT2D eigenvalue weighted by atomic mass is 32.2. The van der Waals surface area contributed by atoms with E-state index in [0.717, 1.165) is 5.75 Å². The number of aliphatic carboxylic acids is 1. The Bertz CT molecular complexity index is 562. The molecule has 0 saturated heterocycles. The molecule has 6 N–H and O–H groups in total. The van der Waals surface area contributed by atoms with Crippen LogP contribution in [0.3, 0.4) is 0 Å². The van der Waals surface area contributed by atoms with E-state index in [1.165, 1.54) is 18.7 Å². The third-order valence-electron chi connectivity index (χ3n) is 4.19. The zero-order valence-electron chi connectivity index (χ0n) is 17.7. The highest BCUT2D eigenvalue weighted by Gasteiger charge is 2.29. The van der Waals surface area contributed by atoms with E-state index in [1.54, 1.807) is 25.6 Å². The van der Waals surface area contributed by atoms with Gasteiger partial charge in [0.05, 0.1) is 6.04 Å². The second-order valence-corrected chi connectivity index (χ2v) is 9.00. The van der Waals surface area contributed by atoms with Gasteiger partial charge in [0.25, 0.3) is 0 Å². The molecule has 29 heavy (non-hydrogen) atoms. The lowest BCUT2D eigenvalue weighted by Gasteiger charge is -2.25. The highest BCUT2D eigenvalue weighted by Crippen LogP contribution is 2.06. The molecule has 0 aromatic carbocycles. The lowest BCUT2D eigenvalue weighted by Crippen LogP contribution is -2.57. The maximum atomic E-state index is 12.6. The summed E-state index contributed by atoms with van der Waals surface area (Å²) in [5, 5.41) is 16.8. The number of rotatable bonds is 14. The number of nitrogens with two attached hydrogens (primary N) is 1. The van der Waals surface area contributed by atoms with Crippen LogP contribution in [0, 0.1) is 5.92 Å². The van der Waals surface area contributed by atoms with Crippen LogP contribution in [-0.2, 0) is 19.2 Å². The van der Waals surface area contributed by atoms with Gasteiger partial charge in [-0.3, -0.25) is 14.4 Å². The predicted molar refractivity (Wildman–Crippen MR) is 118 cm³/mol. The Hall–Kier alpha value is -1.46. The van der Waals surface area contributed by atoms with Gasteiger partial charge in [-0.1, -0.05) is 13.8 Å². The van der Waals surface area contributed by atoms with E-state index < -0.39 is 47.9 Å². The van der Waals surface area contributed by atoms with Crippen molar-refractivity contribution in [3.63, 3.8) is 0 Å². The van der Waals surface area contributed by atoms with Gasteiger partial charge in [0.1, 0.15) is 18.1 Å². The molecular formula is C18H34N4O5S2. The lowest BCUT2D eigenvalue weighted by molar-refractivity contribution is -0.142. The van der Waals surface area contributed by atoms with Crippen molar-refractivity contribution in [2.45, 2.75) is 57.8 Å². The summed E-state index contributed by atoms with van der Waals surface area (Å²) < 4.78 is 0. The van der Waals surface area contributed by atoms with E-state index in [1.807, 2.05) is 12.5 Å². The van der Waals surface area contributed by atoms with Gasteiger partial charge in [-0.25, -0.2) is 4.79 Å². The van der Waals surface area contributed by atoms with Crippen molar-refractivity contribution in [2.24, 2.45) is 11.7 Å². The summed E-state index contributed by atoms with van der Waals surface area (Å²) >= 11 is 3.05. The molecule has 11 heteroatoms. The van der Waals surface area contributed by atoms with Crippen LogP contribution in [0.1, 0.15) is 33.6 Å². The molecule has 0 aromatic rings. The summed E-state index contributed by atoms with van der Waals surface area (Å²) in [4.78, 5) is 48.4. The second kappa shape index (κ2) is 14.5. The Kier molecular flexibility index (Phi) is 13.8. The monoisotopic (exact) mass is 450 g/mol. The van der Waals surface area contributed by atoms with Crippen LogP contribution in [-0.4, -0.2) is 77.0 Å². The molecule has 0 saturated carbocycles. The molecule has 4 atom stereocenters. The average molecular weight is 451 g/mol. The SMILES string of the molecule is CSCCC(N)C(=O)NC(C(=O)NC(C)C(=O)NC(CCSC)C(=O)O)C(C)C. The van der Waals surface area contributed by atoms with Crippen molar-refractivity contribution in [2.75, 3.05) is 24.0 Å². The molecule has 3 amide bonds. The summed E-state index contributed by atoms with van der Waals surface area (Å²) in [6, 6.07) is -3.55. The zero-order valence-corrected chi connectivity index (χ0v) is 19.3. The number of amides is 3. The van der Waals surface area contributed by atoms with Gasteiger partial charge in [0, 0.05) is 0 Å². The number of hydrogen-bond acceptors (Lipinski definition) is 7. The Morgan fingerprint density at radius 2 is 1.41 bits per heavy atom.